The van der Waals surface area contributed by atoms with Crippen LogP contribution in [0.25, 0.3) is 0 Å². The van der Waals surface area contributed by atoms with Crippen molar-refractivity contribution in [2.24, 2.45) is 0 Å². The number of amides is 2. The van der Waals surface area contributed by atoms with Gasteiger partial charge in [-0.2, -0.15) is 0 Å². The van der Waals surface area contributed by atoms with Crippen molar-refractivity contribution in [1.82, 2.24) is 10.9 Å². The van der Waals surface area contributed by atoms with E-state index in [1.165, 1.54) is 31.2 Å². The second-order valence-electron chi connectivity index (χ2n) is 4.76. The highest BCUT2D eigenvalue weighted by atomic mass is 35.5. The number of hydrogen-bond donors (Lipinski definition) is 2. The van der Waals surface area contributed by atoms with Gasteiger partial charge in [0.15, 0.2) is 17.7 Å². The molecular weight excluding hydrogens is 342 g/mol. The number of benzene rings is 2. The summed E-state index contributed by atoms with van der Waals surface area (Å²) in [4.78, 5) is 23.7. The molecule has 0 heterocycles. The van der Waals surface area contributed by atoms with Crippen molar-refractivity contribution < 1.29 is 23.1 Å². The number of para-hydroxylation sites is 1. The summed E-state index contributed by atoms with van der Waals surface area (Å²) >= 11 is 5.69. The van der Waals surface area contributed by atoms with E-state index in [2.05, 4.69) is 5.43 Å². The molecule has 0 bridgehead atoms. The van der Waals surface area contributed by atoms with Gasteiger partial charge in [-0.05, 0) is 37.3 Å². The van der Waals surface area contributed by atoms with E-state index in [0.717, 1.165) is 12.1 Å². The maximum absolute atomic E-state index is 13.5. The Hall–Kier alpha value is -2.67. The molecule has 0 radical (unpaired) electrons. The van der Waals surface area contributed by atoms with E-state index in [1.807, 2.05) is 5.43 Å². The molecule has 0 saturated heterocycles. The standard InChI is InChI=1S/C16H13ClF2N2O3/c1-9(24-14-5-3-2-4-13(14)19)15(22)20-21-16(23)11-8-10(17)6-7-12(11)18/h2-9H,1H3,(H,20,22)(H,21,23)/t9-/m1/s1. The molecular formula is C16H13ClF2N2O3. The fourth-order valence-corrected chi connectivity index (χ4v) is 1.92. The molecule has 0 aliphatic carbocycles. The topological polar surface area (TPSA) is 67.4 Å². The lowest BCUT2D eigenvalue weighted by Crippen LogP contribution is -2.47. The minimum atomic E-state index is -1.09. The third-order valence-electron chi connectivity index (χ3n) is 2.98. The molecule has 126 valence electrons. The molecule has 1 atom stereocenters. The first-order valence-electron chi connectivity index (χ1n) is 6.85. The summed E-state index contributed by atoms with van der Waals surface area (Å²) in [5.41, 5.74) is 3.78. The Morgan fingerprint density at radius 3 is 2.50 bits per heavy atom. The Bertz CT molecular complexity index is 771. The second-order valence-corrected chi connectivity index (χ2v) is 5.19. The molecule has 0 aromatic heterocycles. The molecule has 0 unspecified atom stereocenters. The van der Waals surface area contributed by atoms with Crippen LogP contribution in [0.5, 0.6) is 5.75 Å². The van der Waals surface area contributed by atoms with Gasteiger partial charge in [-0.3, -0.25) is 20.4 Å². The minimum absolute atomic E-state index is 0.104. The Kier molecular flexibility index (Phi) is 5.70. The number of ether oxygens (including phenoxy) is 1. The van der Waals surface area contributed by atoms with Gasteiger partial charge >= 0.3 is 0 Å². The SMILES string of the molecule is C[C@@H](Oc1ccccc1F)C(=O)NNC(=O)c1cc(Cl)ccc1F. The number of halogens is 3. The molecule has 2 amide bonds. The van der Waals surface area contributed by atoms with Crippen LogP contribution in [0.15, 0.2) is 42.5 Å². The Morgan fingerprint density at radius 1 is 1.08 bits per heavy atom. The quantitative estimate of drug-likeness (QED) is 0.830. The summed E-state index contributed by atoms with van der Waals surface area (Å²) in [5.74, 6) is -3.15. The third-order valence-corrected chi connectivity index (χ3v) is 3.22. The van der Waals surface area contributed by atoms with Crippen LogP contribution in [0.3, 0.4) is 0 Å². The number of hydrazine groups is 1. The number of nitrogens with one attached hydrogen (secondary N) is 2. The van der Waals surface area contributed by atoms with Gasteiger partial charge in [0.05, 0.1) is 5.56 Å². The first kappa shape index (κ1) is 17.7. The van der Waals surface area contributed by atoms with E-state index in [9.17, 15) is 18.4 Å². The largest absolute Gasteiger partial charge is 0.478 e. The number of hydrogen-bond acceptors (Lipinski definition) is 3. The predicted molar refractivity (Wildman–Crippen MR) is 83.5 cm³/mol. The van der Waals surface area contributed by atoms with Crippen molar-refractivity contribution >= 4 is 23.4 Å². The molecule has 8 heteroatoms. The van der Waals surface area contributed by atoms with E-state index in [-0.39, 0.29) is 16.3 Å². The van der Waals surface area contributed by atoms with Crippen LogP contribution in [0.2, 0.25) is 5.02 Å². The van der Waals surface area contributed by atoms with Crippen molar-refractivity contribution in [3.63, 3.8) is 0 Å². The van der Waals surface area contributed by atoms with Crippen molar-refractivity contribution in [3.8, 4) is 5.75 Å². The van der Waals surface area contributed by atoms with Crippen LogP contribution in [0.4, 0.5) is 8.78 Å². The summed E-state index contributed by atoms with van der Waals surface area (Å²) in [7, 11) is 0. The summed E-state index contributed by atoms with van der Waals surface area (Å²) in [6, 6.07) is 9.01. The molecule has 0 aliphatic heterocycles. The van der Waals surface area contributed by atoms with E-state index >= 15 is 0 Å². The highest BCUT2D eigenvalue weighted by Gasteiger charge is 2.18. The zero-order valence-corrected chi connectivity index (χ0v) is 13.2. The van der Waals surface area contributed by atoms with E-state index in [4.69, 9.17) is 16.3 Å². The van der Waals surface area contributed by atoms with Gasteiger partial charge in [0.25, 0.3) is 11.8 Å². The lowest BCUT2D eigenvalue weighted by molar-refractivity contribution is -0.128. The maximum Gasteiger partial charge on any atom is 0.279 e. The van der Waals surface area contributed by atoms with Crippen molar-refractivity contribution in [3.05, 3.63) is 64.7 Å². The molecule has 5 nitrogen and oxygen atoms in total. The van der Waals surface area contributed by atoms with E-state index in [0.29, 0.717) is 0 Å². The summed E-state index contributed by atoms with van der Waals surface area (Å²) < 4.78 is 32.1. The van der Waals surface area contributed by atoms with Crippen LogP contribution in [0.1, 0.15) is 17.3 Å². The average Bonchev–Trinajstić information content (AvgIpc) is 2.56. The van der Waals surface area contributed by atoms with E-state index in [1.54, 1.807) is 6.07 Å². The molecule has 2 N–H and O–H groups in total. The highest BCUT2D eigenvalue weighted by Crippen LogP contribution is 2.17. The lowest BCUT2D eigenvalue weighted by atomic mass is 10.2. The van der Waals surface area contributed by atoms with Gasteiger partial charge in [0.1, 0.15) is 5.82 Å². The monoisotopic (exact) mass is 354 g/mol. The smallest absolute Gasteiger partial charge is 0.279 e. The molecule has 0 spiro atoms. The molecule has 0 aliphatic rings. The summed E-state index contributed by atoms with van der Waals surface area (Å²) in [6.45, 7) is 1.37. The normalized spacial score (nSPS) is 11.5. The first-order valence-corrected chi connectivity index (χ1v) is 7.22. The van der Waals surface area contributed by atoms with E-state index < -0.39 is 29.6 Å². The van der Waals surface area contributed by atoms with Gasteiger partial charge in [0.2, 0.25) is 0 Å². The Balaban J connectivity index is 1.93. The molecule has 2 aromatic carbocycles. The number of rotatable bonds is 4. The average molecular weight is 355 g/mol. The zero-order valence-electron chi connectivity index (χ0n) is 12.5. The van der Waals surface area contributed by atoms with Gasteiger partial charge in [-0.15, -0.1) is 0 Å². The third kappa shape index (κ3) is 4.42. The van der Waals surface area contributed by atoms with Crippen molar-refractivity contribution in [2.45, 2.75) is 13.0 Å². The first-order chi connectivity index (χ1) is 11.4. The summed E-state index contributed by atoms with van der Waals surface area (Å²) in [5, 5.41) is 0.170. The van der Waals surface area contributed by atoms with Gasteiger partial charge < -0.3 is 4.74 Å². The van der Waals surface area contributed by atoms with Crippen molar-refractivity contribution in [1.29, 1.82) is 0 Å². The van der Waals surface area contributed by atoms with Crippen LogP contribution in [0, 0.1) is 11.6 Å². The predicted octanol–water partition coefficient (Wildman–Crippen LogP) is 2.85. The van der Waals surface area contributed by atoms with Gasteiger partial charge in [-0.25, -0.2) is 8.78 Å². The van der Waals surface area contributed by atoms with Crippen LogP contribution < -0.4 is 15.6 Å². The van der Waals surface area contributed by atoms with Gasteiger partial charge in [0, 0.05) is 5.02 Å². The molecule has 2 rings (SSSR count). The fraction of sp³-hybridized carbons (Fsp3) is 0.125. The van der Waals surface area contributed by atoms with Crippen LogP contribution in [-0.2, 0) is 4.79 Å². The Labute approximate surface area is 141 Å². The summed E-state index contributed by atoms with van der Waals surface area (Å²) in [6.07, 6.45) is -1.09. The molecule has 24 heavy (non-hydrogen) atoms. The maximum atomic E-state index is 13.5. The number of carbonyl (C=O) groups excluding carboxylic acids is 2. The molecule has 0 fully saturated rings. The van der Waals surface area contributed by atoms with Crippen LogP contribution in [-0.4, -0.2) is 17.9 Å². The number of carbonyl (C=O) groups is 2. The highest BCUT2D eigenvalue weighted by molar-refractivity contribution is 6.31. The minimum Gasteiger partial charge on any atom is -0.478 e. The second kappa shape index (κ2) is 7.74. The lowest BCUT2D eigenvalue weighted by Gasteiger charge is -2.15. The fourth-order valence-electron chi connectivity index (χ4n) is 1.74. The molecule has 0 saturated carbocycles. The van der Waals surface area contributed by atoms with Crippen LogP contribution >= 0.6 is 11.6 Å². The van der Waals surface area contributed by atoms with Crippen molar-refractivity contribution in [2.75, 3.05) is 0 Å². The Morgan fingerprint density at radius 2 is 1.79 bits per heavy atom. The zero-order chi connectivity index (χ0) is 17.7. The molecule has 2 aromatic rings. The van der Waals surface area contributed by atoms with Gasteiger partial charge in [-0.1, -0.05) is 23.7 Å².